The van der Waals surface area contributed by atoms with Gasteiger partial charge < -0.3 is 28.4 Å². The Morgan fingerprint density at radius 2 is 1.68 bits per heavy atom. The summed E-state index contributed by atoms with van der Waals surface area (Å²) in [7, 11) is 4.77. The van der Waals surface area contributed by atoms with E-state index in [0.717, 1.165) is 12.0 Å². The maximum absolute atomic E-state index is 13.6. The molecule has 0 bridgehead atoms. The van der Waals surface area contributed by atoms with E-state index < -0.39 is 0 Å². The van der Waals surface area contributed by atoms with E-state index in [9.17, 15) is 9.59 Å². The first-order valence-electron chi connectivity index (χ1n) is 12.4. The Morgan fingerprint density at radius 1 is 0.946 bits per heavy atom. The second-order valence-electron chi connectivity index (χ2n) is 8.75. The van der Waals surface area contributed by atoms with Gasteiger partial charge in [0.05, 0.1) is 34.1 Å². The van der Waals surface area contributed by atoms with E-state index in [1.165, 1.54) is 0 Å². The first-order chi connectivity index (χ1) is 17.9. The molecule has 0 radical (unpaired) electrons. The summed E-state index contributed by atoms with van der Waals surface area (Å²) in [6, 6.07) is 16.2. The molecule has 0 fully saturated rings. The summed E-state index contributed by atoms with van der Waals surface area (Å²) in [4.78, 5) is 30.4. The fourth-order valence-corrected chi connectivity index (χ4v) is 3.98. The molecule has 8 heteroatoms. The Balaban J connectivity index is 1.79. The number of ether oxygens (including phenoxy) is 3. The SMILES string of the molecule is CCC(C)N(CC(=O)N(CCc1ccc(OC)c(OC)c1)Cc1ccco1)C(=O)c1ccc(OC)cc1. The van der Waals surface area contributed by atoms with Crippen LogP contribution in [0.2, 0.25) is 0 Å². The number of amides is 2. The average molecular weight is 509 g/mol. The van der Waals surface area contributed by atoms with Crippen LogP contribution in [0.1, 0.15) is 41.9 Å². The van der Waals surface area contributed by atoms with Crippen LogP contribution < -0.4 is 14.2 Å². The van der Waals surface area contributed by atoms with Crippen LogP contribution in [0.5, 0.6) is 17.2 Å². The van der Waals surface area contributed by atoms with Gasteiger partial charge in [-0.05, 0) is 73.9 Å². The molecular weight excluding hydrogens is 472 g/mol. The minimum absolute atomic E-state index is 0.0352. The first-order valence-corrected chi connectivity index (χ1v) is 12.4. The van der Waals surface area contributed by atoms with Gasteiger partial charge in [0.25, 0.3) is 5.91 Å². The quantitative estimate of drug-likeness (QED) is 0.329. The summed E-state index contributed by atoms with van der Waals surface area (Å²) in [6.07, 6.45) is 2.91. The Hall–Kier alpha value is -3.94. The van der Waals surface area contributed by atoms with Crippen molar-refractivity contribution in [2.75, 3.05) is 34.4 Å². The third-order valence-corrected chi connectivity index (χ3v) is 6.42. The number of carbonyl (C=O) groups excluding carboxylic acids is 2. The molecule has 0 spiro atoms. The predicted octanol–water partition coefficient (Wildman–Crippen LogP) is 4.82. The Bertz CT molecular complexity index is 1140. The highest BCUT2D eigenvalue weighted by molar-refractivity contribution is 5.96. The summed E-state index contributed by atoms with van der Waals surface area (Å²) < 4.78 is 21.5. The van der Waals surface area contributed by atoms with Crippen molar-refractivity contribution in [1.82, 2.24) is 9.80 Å². The van der Waals surface area contributed by atoms with Gasteiger partial charge in [-0.2, -0.15) is 0 Å². The third kappa shape index (κ3) is 7.29. The number of benzene rings is 2. The fourth-order valence-electron chi connectivity index (χ4n) is 3.98. The maximum Gasteiger partial charge on any atom is 0.254 e. The Kier molecular flexibility index (Phi) is 10.0. The van der Waals surface area contributed by atoms with Crippen molar-refractivity contribution in [3.63, 3.8) is 0 Å². The molecular formula is C29H36N2O6. The van der Waals surface area contributed by atoms with Crippen molar-refractivity contribution < 1.29 is 28.2 Å². The van der Waals surface area contributed by atoms with Crippen LogP contribution in [0.3, 0.4) is 0 Å². The van der Waals surface area contributed by atoms with Gasteiger partial charge in [-0.15, -0.1) is 0 Å². The van der Waals surface area contributed by atoms with Crippen LogP contribution in [-0.4, -0.2) is 62.1 Å². The first kappa shape index (κ1) is 27.6. The predicted molar refractivity (Wildman–Crippen MR) is 141 cm³/mol. The van der Waals surface area contributed by atoms with E-state index in [0.29, 0.717) is 48.1 Å². The van der Waals surface area contributed by atoms with E-state index in [-0.39, 0.29) is 24.4 Å². The number of hydrogen-bond acceptors (Lipinski definition) is 6. The monoisotopic (exact) mass is 508 g/mol. The molecule has 1 atom stereocenters. The van der Waals surface area contributed by atoms with Gasteiger partial charge in [0, 0.05) is 18.2 Å². The number of methoxy groups -OCH3 is 3. The van der Waals surface area contributed by atoms with Crippen molar-refractivity contribution in [2.24, 2.45) is 0 Å². The number of rotatable bonds is 13. The largest absolute Gasteiger partial charge is 0.497 e. The van der Waals surface area contributed by atoms with Gasteiger partial charge in [-0.25, -0.2) is 0 Å². The van der Waals surface area contributed by atoms with Crippen LogP contribution >= 0.6 is 0 Å². The number of furan rings is 1. The van der Waals surface area contributed by atoms with Crippen LogP contribution in [0.15, 0.2) is 65.3 Å². The highest BCUT2D eigenvalue weighted by Crippen LogP contribution is 2.28. The summed E-state index contributed by atoms with van der Waals surface area (Å²) in [6.45, 7) is 4.67. The molecule has 198 valence electrons. The van der Waals surface area contributed by atoms with Gasteiger partial charge in [0.2, 0.25) is 5.91 Å². The van der Waals surface area contributed by atoms with Gasteiger partial charge in [0.15, 0.2) is 11.5 Å². The van der Waals surface area contributed by atoms with E-state index in [2.05, 4.69) is 0 Å². The van der Waals surface area contributed by atoms with Crippen molar-refractivity contribution in [3.8, 4) is 17.2 Å². The summed E-state index contributed by atoms with van der Waals surface area (Å²) in [5.74, 6) is 2.29. The van der Waals surface area contributed by atoms with Crippen LogP contribution in [0.25, 0.3) is 0 Å². The number of nitrogens with zero attached hydrogens (tertiary/aromatic N) is 2. The van der Waals surface area contributed by atoms with Crippen LogP contribution in [-0.2, 0) is 17.8 Å². The van der Waals surface area contributed by atoms with Crippen molar-refractivity contribution in [3.05, 3.63) is 77.7 Å². The molecule has 1 heterocycles. The summed E-state index contributed by atoms with van der Waals surface area (Å²) in [5.41, 5.74) is 1.51. The lowest BCUT2D eigenvalue weighted by Crippen LogP contribution is -2.46. The molecule has 0 aliphatic carbocycles. The summed E-state index contributed by atoms with van der Waals surface area (Å²) >= 11 is 0. The zero-order chi connectivity index (χ0) is 26.8. The minimum atomic E-state index is -0.191. The molecule has 8 nitrogen and oxygen atoms in total. The van der Waals surface area contributed by atoms with Crippen molar-refractivity contribution in [2.45, 2.75) is 39.3 Å². The lowest BCUT2D eigenvalue weighted by Gasteiger charge is -2.31. The highest BCUT2D eigenvalue weighted by Gasteiger charge is 2.26. The highest BCUT2D eigenvalue weighted by atomic mass is 16.5. The fraction of sp³-hybridized carbons (Fsp3) is 0.379. The van der Waals surface area contributed by atoms with E-state index >= 15 is 0 Å². The van der Waals surface area contributed by atoms with Gasteiger partial charge in [-0.3, -0.25) is 9.59 Å². The number of carbonyl (C=O) groups is 2. The molecule has 0 saturated heterocycles. The third-order valence-electron chi connectivity index (χ3n) is 6.42. The second kappa shape index (κ2) is 13.4. The molecule has 1 unspecified atom stereocenters. The molecule has 37 heavy (non-hydrogen) atoms. The standard InChI is InChI=1S/C29H36N2O6/c1-6-21(2)31(29(33)23-10-12-24(34-3)13-11-23)20-28(32)30(19-25-8-7-17-37-25)16-15-22-9-14-26(35-4)27(18-22)36-5/h7-14,17-18,21H,6,15-16,19-20H2,1-5H3. The van der Waals surface area contributed by atoms with E-state index in [1.54, 1.807) is 67.7 Å². The molecule has 0 aliphatic heterocycles. The van der Waals surface area contributed by atoms with E-state index in [4.69, 9.17) is 18.6 Å². The second-order valence-corrected chi connectivity index (χ2v) is 8.75. The maximum atomic E-state index is 13.6. The molecule has 0 aliphatic rings. The molecule has 1 aromatic heterocycles. The molecule has 3 rings (SSSR count). The average Bonchev–Trinajstić information content (AvgIpc) is 3.46. The molecule has 0 N–H and O–H groups in total. The van der Waals surface area contributed by atoms with Gasteiger partial charge in [-0.1, -0.05) is 13.0 Å². The van der Waals surface area contributed by atoms with E-state index in [1.807, 2.05) is 38.1 Å². The van der Waals surface area contributed by atoms with Gasteiger partial charge >= 0.3 is 0 Å². The lowest BCUT2D eigenvalue weighted by atomic mass is 10.1. The molecule has 2 aromatic carbocycles. The van der Waals surface area contributed by atoms with Crippen molar-refractivity contribution in [1.29, 1.82) is 0 Å². The van der Waals surface area contributed by atoms with Gasteiger partial charge in [0.1, 0.15) is 18.1 Å². The Morgan fingerprint density at radius 3 is 2.27 bits per heavy atom. The Labute approximate surface area is 218 Å². The van der Waals surface area contributed by atoms with Crippen molar-refractivity contribution >= 4 is 11.8 Å². The van der Waals surface area contributed by atoms with Crippen LogP contribution in [0, 0.1) is 0 Å². The molecule has 2 amide bonds. The molecule has 3 aromatic rings. The van der Waals surface area contributed by atoms with Crippen LogP contribution in [0.4, 0.5) is 0 Å². The zero-order valence-electron chi connectivity index (χ0n) is 22.2. The smallest absolute Gasteiger partial charge is 0.254 e. The zero-order valence-corrected chi connectivity index (χ0v) is 22.2. The minimum Gasteiger partial charge on any atom is -0.497 e. The normalized spacial score (nSPS) is 11.5. The number of hydrogen-bond donors (Lipinski definition) is 0. The molecule has 0 saturated carbocycles. The summed E-state index contributed by atoms with van der Waals surface area (Å²) in [5, 5.41) is 0. The lowest BCUT2D eigenvalue weighted by molar-refractivity contribution is -0.133. The topological polar surface area (TPSA) is 81.5 Å².